The largest absolute Gasteiger partial charge is 0.334 e. The van der Waals surface area contributed by atoms with E-state index in [0.29, 0.717) is 5.69 Å². The smallest absolute Gasteiger partial charge is 0.329 e. The van der Waals surface area contributed by atoms with Crippen LogP contribution >= 0.6 is 15.9 Å². The molecule has 0 aliphatic heterocycles. The lowest BCUT2D eigenvalue weighted by Gasteiger charge is -2.08. The van der Waals surface area contributed by atoms with Crippen molar-refractivity contribution in [2.24, 2.45) is 5.84 Å². The Morgan fingerprint density at radius 2 is 2.20 bits per heavy atom. The number of nitrogen functional groups attached to an aromatic ring is 1. The van der Waals surface area contributed by atoms with Gasteiger partial charge in [-0.25, -0.2) is 10.8 Å². The van der Waals surface area contributed by atoms with Crippen LogP contribution in [0, 0.1) is 17.0 Å². The van der Waals surface area contributed by atoms with E-state index in [0.717, 1.165) is 16.2 Å². The third-order valence-corrected chi connectivity index (χ3v) is 3.41. The first-order valence-electron chi connectivity index (χ1n) is 5.52. The molecule has 4 N–H and O–H groups in total. The molecule has 0 aliphatic rings. The molecule has 104 valence electrons. The number of nitrogens with zero attached hydrogens (tertiary/aromatic N) is 3. The standard InChI is InChI=1S/C11H11BrN6O2/c1-6-4-7(2-3-8(6)12)15-10-9(18(19)20)5-14-11(16-10)17-13/h2-5H,13H2,1H3,(H2,14,15,16,17). The topological polar surface area (TPSA) is 119 Å². The number of hydrogen-bond acceptors (Lipinski definition) is 7. The Kier molecular flexibility index (Phi) is 4.11. The summed E-state index contributed by atoms with van der Waals surface area (Å²) in [6, 6.07) is 5.46. The maximum Gasteiger partial charge on any atom is 0.329 e. The van der Waals surface area contributed by atoms with Crippen LogP contribution in [-0.2, 0) is 0 Å². The van der Waals surface area contributed by atoms with Gasteiger partial charge in [0.1, 0.15) is 6.20 Å². The minimum Gasteiger partial charge on any atom is -0.334 e. The number of anilines is 3. The molecule has 8 nitrogen and oxygen atoms in total. The Balaban J connectivity index is 2.40. The van der Waals surface area contributed by atoms with Crippen LogP contribution < -0.4 is 16.6 Å². The summed E-state index contributed by atoms with van der Waals surface area (Å²) in [7, 11) is 0. The van der Waals surface area contributed by atoms with E-state index in [1.807, 2.05) is 19.1 Å². The van der Waals surface area contributed by atoms with Crippen LogP contribution in [0.2, 0.25) is 0 Å². The molecule has 0 saturated carbocycles. The van der Waals surface area contributed by atoms with Gasteiger partial charge in [-0.3, -0.25) is 15.5 Å². The second-order valence-electron chi connectivity index (χ2n) is 3.92. The van der Waals surface area contributed by atoms with Crippen molar-refractivity contribution in [1.29, 1.82) is 0 Å². The van der Waals surface area contributed by atoms with Crippen LogP contribution in [0.4, 0.5) is 23.1 Å². The molecule has 1 heterocycles. The van der Waals surface area contributed by atoms with Crippen molar-refractivity contribution >= 4 is 39.1 Å². The monoisotopic (exact) mass is 338 g/mol. The Morgan fingerprint density at radius 3 is 2.80 bits per heavy atom. The fourth-order valence-electron chi connectivity index (χ4n) is 1.53. The summed E-state index contributed by atoms with van der Waals surface area (Å²) >= 11 is 3.39. The Hall–Kier alpha value is -2.26. The van der Waals surface area contributed by atoms with Gasteiger partial charge in [-0.2, -0.15) is 4.98 Å². The maximum absolute atomic E-state index is 11.0. The number of aryl methyl sites for hydroxylation is 1. The van der Waals surface area contributed by atoms with Gasteiger partial charge in [0.2, 0.25) is 11.8 Å². The zero-order valence-corrected chi connectivity index (χ0v) is 12.0. The highest BCUT2D eigenvalue weighted by Gasteiger charge is 2.17. The second kappa shape index (κ2) is 5.80. The van der Waals surface area contributed by atoms with Gasteiger partial charge in [-0.05, 0) is 30.7 Å². The van der Waals surface area contributed by atoms with Crippen LogP contribution in [0.15, 0.2) is 28.9 Å². The first-order chi connectivity index (χ1) is 9.51. The van der Waals surface area contributed by atoms with Crippen molar-refractivity contribution < 1.29 is 4.92 Å². The third-order valence-electron chi connectivity index (χ3n) is 2.52. The SMILES string of the molecule is Cc1cc(Nc2nc(NN)ncc2[N+](=O)[O-])ccc1Br. The quantitative estimate of drug-likeness (QED) is 0.445. The normalized spacial score (nSPS) is 10.2. The molecule has 0 radical (unpaired) electrons. The number of aromatic nitrogens is 2. The summed E-state index contributed by atoms with van der Waals surface area (Å²) in [5.41, 5.74) is 3.68. The molecule has 2 rings (SSSR count). The molecule has 0 spiro atoms. The molecule has 0 unspecified atom stereocenters. The minimum absolute atomic E-state index is 0.0691. The predicted molar refractivity (Wildman–Crippen MR) is 78.7 cm³/mol. The summed E-state index contributed by atoms with van der Waals surface area (Å²) in [5.74, 6) is 5.36. The number of rotatable bonds is 4. The molecule has 0 aliphatic carbocycles. The molecule has 20 heavy (non-hydrogen) atoms. The van der Waals surface area contributed by atoms with Crippen molar-refractivity contribution in [3.8, 4) is 0 Å². The lowest BCUT2D eigenvalue weighted by Crippen LogP contribution is -2.12. The van der Waals surface area contributed by atoms with Gasteiger partial charge in [0.05, 0.1) is 4.92 Å². The minimum atomic E-state index is -0.561. The van der Waals surface area contributed by atoms with Crippen molar-refractivity contribution in [3.63, 3.8) is 0 Å². The highest BCUT2D eigenvalue weighted by Crippen LogP contribution is 2.27. The number of hydrogen-bond donors (Lipinski definition) is 3. The lowest BCUT2D eigenvalue weighted by molar-refractivity contribution is -0.384. The molecular formula is C11H11BrN6O2. The molecule has 0 atom stereocenters. The van der Waals surface area contributed by atoms with E-state index in [4.69, 9.17) is 5.84 Å². The molecule has 0 saturated heterocycles. The average molecular weight is 339 g/mol. The molecule has 1 aromatic heterocycles. The molecule has 1 aromatic carbocycles. The average Bonchev–Trinajstić information content (AvgIpc) is 2.42. The predicted octanol–water partition coefficient (Wildman–Crippen LogP) is 2.48. The van der Waals surface area contributed by atoms with Gasteiger partial charge < -0.3 is 5.32 Å². The molecule has 0 fully saturated rings. The van der Waals surface area contributed by atoms with Crippen LogP contribution in [0.5, 0.6) is 0 Å². The van der Waals surface area contributed by atoms with E-state index in [1.165, 1.54) is 0 Å². The van der Waals surface area contributed by atoms with Gasteiger partial charge in [0, 0.05) is 10.2 Å². The van der Waals surface area contributed by atoms with Crippen molar-refractivity contribution in [2.45, 2.75) is 6.92 Å². The summed E-state index contributed by atoms with van der Waals surface area (Å²) in [5, 5.41) is 13.8. The molecule has 0 amide bonds. The van der Waals surface area contributed by atoms with E-state index in [-0.39, 0.29) is 17.5 Å². The van der Waals surface area contributed by atoms with Gasteiger partial charge in [-0.15, -0.1) is 0 Å². The van der Waals surface area contributed by atoms with E-state index in [9.17, 15) is 10.1 Å². The Labute approximate surface area is 122 Å². The Bertz CT molecular complexity index is 663. The van der Waals surface area contributed by atoms with Crippen LogP contribution in [0.1, 0.15) is 5.56 Å². The molecular weight excluding hydrogens is 328 g/mol. The second-order valence-corrected chi connectivity index (χ2v) is 4.77. The first-order valence-corrected chi connectivity index (χ1v) is 6.32. The van der Waals surface area contributed by atoms with Crippen LogP contribution in [0.3, 0.4) is 0 Å². The maximum atomic E-state index is 11.0. The number of nitro groups is 1. The van der Waals surface area contributed by atoms with Gasteiger partial charge in [0.25, 0.3) is 0 Å². The van der Waals surface area contributed by atoms with E-state index in [1.54, 1.807) is 6.07 Å². The highest BCUT2D eigenvalue weighted by molar-refractivity contribution is 9.10. The number of nitrogens with two attached hydrogens (primary N) is 1. The lowest BCUT2D eigenvalue weighted by atomic mass is 10.2. The van der Waals surface area contributed by atoms with E-state index >= 15 is 0 Å². The number of halogens is 1. The molecule has 9 heteroatoms. The number of benzene rings is 1. The van der Waals surface area contributed by atoms with Crippen molar-refractivity contribution in [1.82, 2.24) is 9.97 Å². The summed E-state index contributed by atoms with van der Waals surface area (Å²) in [4.78, 5) is 18.1. The first kappa shape index (κ1) is 14.2. The highest BCUT2D eigenvalue weighted by atomic mass is 79.9. The zero-order chi connectivity index (χ0) is 14.7. The fourth-order valence-corrected chi connectivity index (χ4v) is 1.78. The molecule has 2 aromatic rings. The number of hydrazine groups is 1. The van der Waals surface area contributed by atoms with Crippen LogP contribution in [0.25, 0.3) is 0 Å². The zero-order valence-electron chi connectivity index (χ0n) is 10.4. The number of nitrogens with one attached hydrogen (secondary N) is 2. The summed E-state index contributed by atoms with van der Waals surface area (Å²) in [6.45, 7) is 1.91. The fraction of sp³-hybridized carbons (Fsp3) is 0.0909. The summed E-state index contributed by atoms with van der Waals surface area (Å²) < 4.78 is 0.949. The van der Waals surface area contributed by atoms with Crippen molar-refractivity contribution in [2.75, 3.05) is 10.7 Å². The van der Waals surface area contributed by atoms with E-state index < -0.39 is 4.92 Å². The summed E-state index contributed by atoms with van der Waals surface area (Å²) in [6.07, 6.45) is 1.09. The van der Waals surface area contributed by atoms with Crippen molar-refractivity contribution in [3.05, 3.63) is 44.5 Å². The van der Waals surface area contributed by atoms with Gasteiger partial charge in [-0.1, -0.05) is 15.9 Å². The third kappa shape index (κ3) is 3.00. The van der Waals surface area contributed by atoms with Crippen LogP contribution in [-0.4, -0.2) is 14.9 Å². The Morgan fingerprint density at radius 1 is 1.45 bits per heavy atom. The van der Waals surface area contributed by atoms with Gasteiger partial charge >= 0.3 is 5.69 Å². The van der Waals surface area contributed by atoms with Gasteiger partial charge in [0.15, 0.2) is 0 Å². The van der Waals surface area contributed by atoms with E-state index in [2.05, 4.69) is 36.6 Å². The molecule has 0 bridgehead atoms.